The minimum absolute atomic E-state index is 0.113. The van der Waals surface area contributed by atoms with E-state index in [1.807, 2.05) is 37.3 Å². The molecule has 1 aromatic heterocycles. The number of benzene rings is 3. The van der Waals surface area contributed by atoms with Gasteiger partial charge in [0.15, 0.2) is 0 Å². The summed E-state index contributed by atoms with van der Waals surface area (Å²) in [7, 11) is -2.70. The topological polar surface area (TPSA) is 92.2 Å². The van der Waals surface area contributed by atoms with Gasteiger partial charge < -0.3 is 4.74 Å². The van der Waals surface area contributed by atoms with E-state index in [0.29, 0.717) is 34.1 Å². The first-order valence-electron chi connectivity index (χ1n) is 13.5. The number of pyridine rings is 1. The van der Waals surface area contributed by atoms with E-state index in [1.54, 1.807) is 79.9 Å². The van der Waals surface area contributed by atoms with Crippen LogP contribution in [0.4, 0.5) is 11.4 Å². The van der Waals surface area contributed by atoms with E-state index >= 15 is 0 Å². The van der Waals surface area contributed by atoms with Crippen LogP contribution in [0.25, 0.3) is 0 Å². The Hall–Kier alpha value is -4.76. The Kier molecular flexibility index (Phi) is 6.69. The summed E-state index contributed by atoms with van der Waals surface area (Å²) in [5.74, 6) is -0.586. The van der Waals surface area contributed by atoms with Crippen molar-refractivity contribution in [3.63, 3.8) is 0 Å². The minimum atomic E-state index is -4.21. The van der Waals surface area contributed by atoms with E-state index in [9.17, 15) is 13.2 Å². The van der Waals surface area contributed by atoms with Gasteiger partial charge in [-0.2, -0.15) is 10.1 Å². The average Bonchev–Trinajstić information content (AvgIpc) is 3.27. The van der Waals surface area contributed by atoms with E-state index in [2.05, 4.69) is 11.6 Å². The smallest absolute Gasteiger partial charge is 0.264 e. The lowest BCUT2D eigenvalue weighted by molar-refractivity contribution is -0.125. The molecule has 6 rings (SSSR count). The fraction of sp³-hybridized carbons (Fsp3) is 0.182. The first-order chi connectivity index (χ1) is 20.2. The molecule has 2 aliphatic rings. The maximum absolute atomic E-state index is 14.9. The highest BCUT2D eigenvalue weighted by Crippen LogP contribution is 2.61. The molecule has 0 unspecified atom stereocenters. The van der Waals surface area contributed by atoms with Crippen molar-refractivity contribution in [2.45, 2.75) is 30.7 Å². The molecule has 212 valence electrons. The molecule has 0 fully saturated rings. The zero-order valence-electron chi connectivity index (χ0n) is 23.5. The second-order valence-corrected chi connectivity index (χ2v) is 12.2. The number of carbonyl (C=O) groups is 1. The largest absolute Gasteiger partial charge is 0.481 e. The molecule has 0 saturated carbocycles. The van der Waals surface area contributed by atoms with Crippen LogP contribution >= 0.6 is 0 Å². The van der Waals surface area contributed by atoms with Gasteiger partial charge in [0.2, 0.25) is 5.88 Å². The first-order valence-corrected chi connectivity index (χ1v) is 15.0. The van der Waals surface area contributed by atoms with Crippen molar-refractivity contribution >= 4 is 33.0 Å². The lowest BCUT2D eigenvalue weighted by Crippen LogP contribution is -2.57. The predicted octanol–water partition coefficient (Wildman–Crippen LogP) is 6.03. The van der Waals surface area contributed by atoms with Crippen molar-refractivity contribution in [1.82, 2.24) is 4.98 Å². The second kappa shape index (κ2) is 10.3. The number of fused-ring (bicyclic) bond motifs is 1. The molecule has 42 heavy (non-hydrogen) atoms. The van der Waals surface area contributed by atoms with Gasteiger partial charge in [-0.3, -0.25) is 9.10 Å². The van der Waals surface area contributed by atoms with Gasteiger partial charge in [-0.15, -0.1) is 6.58 Å². The molecule has 4 aromatic rings. The van der Waals surface area contributed by atoms with Gasteiger partial charge >= 0.3 is 0 Å². The molecule has 0 N–H and O–H groups in total. The molecule has 0 radical (unpaired) electrons. The quantitative estimate of drug-likeness (QED) is 0.261. The number of aryl methyl sites for hydroxylation is 1. The summed E-state index contributed by atoms with van der Waals surface area (Å²) in [5, 5.41) is 6.16. The second-order valence-electron chi connectivity index (χ2n) is 10.4. The molecule has 1 amide bonds. The van der Waals surface area contributed by atoms with Crippen molar-refractivity contribution in [3.05, 3.63) is 127 Å². The first kappa shape index (κ1) is 27.4. The van der Waals surface area contributed by atoms with E-state index in [1.165, 1.54) is 16.4 Å². The molecule has 3 heterocycles. The van der Waals surface area contributed by atoms with Gasteiger partial charge in [0.05, 0.1) is 35.1 Å². The van der Waals surface area contributed by atoms with Gasteiger partial charge in [0, 0.05) is 18.2 Å². The number of hydrogen-bond donors (Lipinski definition) is 0. The highest BCUT2D eigenvalue weighted by atomic mass is 32.2. The third-order valence-electron chi connectivity index (χ3n) is 8.16. The molecular weight excluding hydrogens is 548 g/mol. The van der Waals surface area contributed by atoms with E-state index in [4.69, 9.17) is 9.84 Å². The van der Waals surface area contributed by atoms with Crippen LogP contribution in [0, 0.1) is 12.3 Å². The Bertz CT molecular complexity index is 1810. The molecule has 0 saturated heterocycles. The average molecular weight is 579 g/mol. The summed E-state index contributed by atoms with van der Waals surface area (Å²) in [5.41, 5.74) is 2.16. The molecule has 9 heteroatoms. The number of aromatic nitrogens is 1. The summed E-state index contributed by atoms with van der Waals surface area (Å²) in [6, 6.07) is 25.5. The number of rotatable bonds is 6. The Balaban J connectivity index is 1.69. The summed E-state index contributed by atoms with van der Waals surface area (Å²) < 4.78 is 36.2. The summed E-state index contributed by atoms with van der Waals surface area (Å²) in [4.78, 5) is 19.5. The summed E-state index contributed by atoms with van der Waals surface area (Å²) in [6.45, 7) is 7.83. The number of methoxy groups -OCH3 is 1. The van der Waals surface area contributed by atoms with Gasteiger partial charge in [-0.1, -0.05) is 60.2 Å². The Morgan fingerprint density at radius 3 is 2.26 bits per heavy atom. The molecule has 1 spiro atoms. The van der Waals surface area contributed by atoms with E-state index in [0.717, 1.165) is 5.56 Å². The Morgan fingerprint density at radius 1 is 0.929 bits per heavy atom. The predicted molar refractivity (Wildman–Crippen MR) is 163 cm³/mol. The van der Waals surface area contributed by atoms with Gasteiger partial charge in [-0.05, 0) is 61.4 Å². The number of nitrogens with zero attached hydrogens (tertiary/aromatic N) is 4. The number of hydrazone groups is 1. The van der Waals surface area contributed by atoms with Crippen LogP contribution in [-0.2, 0) is 14.8 Å². The normalized spacial score (nSPS) is 21.7. The van der Waals surface area contributed by atoms with Crippen molar-refractivity contribution in [2.75, 3.05) is 16.4 Å². The van der Waals surface area contributed by atoms with Gasteiger partial charge in [0.1, 0.15) is 5.41 Å². The van der Waals surface area contributed by atoms with Crippen LogP contribution in [0.2, 0.25) is 0 Å². The van der Waals surface area contributed by atoms with Crippen LogP contribution < -0.4 is 14.1 Å². The van der Waals surface area contributed by atoms with E-state index in [-0.39, 0.29) is 10.8 Å². The van der Waals surface area contributed by atoms with Crippen LogP contribution in [0.3, 0.4) is 0 Å². The van der Waals surface area contributed by atoms with Crippen LogP contribution in [0.5, 0.6) is 5.88 Å². The molecule has 3 atom stereocenters. The highest BCUT2D eigenvalue weighted by molar-refractivity contribution is 7.92. The third-order valence-corrected chi connectivity index (χ3v) is 9.95. The highest BCUT2D eigenvalue weighted by Gasteiger charge is 2.65. The van der Waals surface area contributed by atoms with Crippen LogP contribution in [0.15, 0.2) is 120 Å². The minimum Gasteiger partial charge on any atom is -0.481 e. The number of para-hydroxylation sites is 2. The fourth-order valence-electron chi connectivity index (χ4n) is 6.19. The van der Waals surface area contributed by atoms with Crippen molar-refractivity contribution in [2.24, 2.45) is 10.5 Å². The Morgan fingerprint density at radius 2 is 1.62 bits per heavy atom. The number of carbonyl (C=O) groups excluding carboxylic acids is 1. The number of amides is 1. The van der Waals surface area contributed by atoms with E-state index < -0.39 is 27.4 Å². The molecule has 8 nitrogen and oxygen atoms in total. The molecule has 3 aromatic carbocycles. The lowest BCUT2D eigenvalue weighted by atomic mass is 9.60. The number of ether oxygens (including phenoxy) is 1. The zero-order valence-corrected chi connectivity index (χ0v) is 24.3. The Labute approximate surface area is 245 Å². The fourth-order valence-corrected chi connectivity index (χ4v) is 7.89. The number of hydrogen-bond acceptors (Lipinski definition) is 6. The van der Waals surface area contributed by atoms with Gasteiger partial charge in [-0.25, -0.2) is 13.4 Å². The summed E-state index contributed by atoms with van der Waals surface area (Å²) >= 11 is 0. The van der Waals surface area contributed by atoms with Crippen LogP contribution in [-0.4, -0.2) is 32.1 Å². The van der Waals surface area contributed by atoms with Crippen molar-refractivity contribution < 1.29 is 17.9 Å². The van der Waals surface area contributed by atoms with Gasteiger partial charge in [0.25, 0.3) is 15.9 Å². The molecule has 0 bridgehead atoms. The third kappa shape index (κ3) is 3.95. The maximum Gasteiger partial charge on any atom is 0.264 e. The monoisotopic (exact) mass is 578 g/mol. The number of anilines is 2. The molecule has 2 aliphatic heterocycles. The van der Waals surface area contributed by atoms with Crippen LogP contribution in [0.1, 0.15) is 35.6 Å². The summed E-state index contributed by atoms with van der Waals surface area (Å²) in [6.07, 6.45) is 3.30. The van der Waals surface area contributed by atoms with Crippen molar-refractivity contribution in [1.29, 1.82) is 0 Å². The standard InChI is InChI=1S/C33H30N4O4S/c1-5-28-27-13-9-10-14-29(27)37(42(39,40)26-18-15-22(2)16-19-26)31(24-17-20-30(41-4)34-21-24)33(28)23(3)35-36(32(33)38)25-11-7-6-8-12-25/h5-21,28,31H,1H2,2-4H3/t28-,31-,33-/m1/s1. The zero-order chi connectivity index (χ0) is 29.6. The SMILES string of the molecule is C=C[C@@H]1c2ccccc2N(S(=O)(=O)c2ccc(C)cc2)[C@H](c2ccc(OC)nc2)[C@]12C(=O)N(c1ccccc1)N=C2C. The number of sulfonamides is 1. The molecular formula is C33H30N4O4S. The maximum atomic E-state index is 14.9. The van der Waals surface area contributed by atoms with Crippen molar-refractivity contribution in [3.8, 4) is 5.88 Å². The number of allylic oxidation sites excluding steroid dienone is 1. The molecule has 0 aliphatic carbocycles. The lowest BCUT2D eigenvalue weighted by Gasteiger charge is -2.51.